The van der Waals surface area contributed by atoms with Crippen LogP contribution in [0.3, 0.4) is 0 Å². The molecule has 1 aromatic rings. The van der Waals surface area contributed by atoms with Crippen molar-refractivity contribution in [1.29, 1.82) is 0 Å². The molecule has 0 aromatic heterocycles. The molecule has 0 saturated carbocycles. The maximum Gasteiger partial charge on any atom is 0.226 e. The topological polar surface area (TPSA) is 20.3 Å². The van der Waals surface area contributed by atoms with Crippen molar-refractivity contribution in [3.63, 3.8) is 0 Å². The fourth-order valence-corrected chi connectivity index (χ4v) is 3.73. The second kappa shape index (κ2) is 6.73. The third-order valence-corrected chi connectivity index (χ3v) is 4.92. The number of hydrogen-bond donors (Lipinski definition) is 0. The second-order valence-electron chi connectivity index (χ2n) is 5.85. The molecule has 2 rings (SSSR count). The van der Waals surface area contributed by atoms with E-state index in [9.17, 15) is 4.79 Å². The van der Waals surface area contributed by atoms with Crippen LogP contribution in [0.4, 0.5) is 0 Å². The Kier molecular flexibility index (Phi) is 5.25. The maximum absolute atomic E-state index is 12.5. The molecule has 0 aliphatic carbocycles. The molecule has 1 fully saturated rings. The van der Waals surface area contributed by atoms with Crippen molar-refractivity contribution in [3.8, 4) is 0 Å². The van der Waals surface area contributed by atoms with Crippen LogP contribution in [0, 0.1) is 17.8 Å². The van der Waals surface area contributed by atoms with E-state index in [2.05, 4.69) is 48.6 Å². The largest absolute Gasteiger partial charge is 0.338 e. The first kappa shape index (κ1) is 14.8. The van der Waals surface area contributed by atoms with Crippen LogP contribution in [0.25, 0.3) is 0 Å². The summed E-state index contributed by atoms with van der Waals surface area (Å²) >= 11 is 2.42. The highest BCUT2D eigenvalue weighted by Gasteiger charge is 2.39. The molecule has 1 saturated heterocycles. The van der Waals surface area contributed by atoms with Crippen molar-refractivity contribution in [1.82, 2.24) is 4.90 Å². The van der Waals surface area contributed by atoms with E-state index in [0.717, 1.165) is 23.9 Å². The summed E-state index contributed by atoms with van der Waals surface area (Å²) in [5.74, 6) is 1.72. The summed E-state index contributed by atoms with van der Waals surface area (Å²) in [6.07, 6.45) is 1.03. The number of hydrogen-bond acceptors (Lipinski definition) is 1. The molecule has 0 unspecified atom stereocenters. The van der Waals surface area contributed by atoms with Gasteiger partial charge in [0.15, 0.2) is 0 Å². The molecule has 0 bridgehead atoms. The van der Waals surface area contributed by atoms with Gasteiger partial charge in [0, 0.05) is 23.4 Å². The number of likely N-dealkylation sites (tertiary alicyclic amines) is 1. The molecule has 0 N–H and O–H groups in total. The van der Waals surface area contributed by atoms with Crippen LogP contribution in [-0.4, -0.2) is 21.8 Å². The Labute approximate surface area is 129 Å². The van der Waals surface area contributed by atoms with Crippen molar-refractivity contribution >= 4 is 28.5 Å². The van der Waals surface area contributed by atoms with Gasteiger partial charge in [-0.1, -0.05) is 66.8 Å². The molecule has 0 radical (unpaired) electrons. The monoisotopic (exact) mass is 371 g/mol. The second-order valence-corrected chi connectivity index (χ2v) is 6.74. The van der Waals surface area contributed by atoms with Crippen molar-refractivity contribution in [2.45, 2.75) is 26.8 Å². The molecular formula is C16H22INO. The van der Waals surface area contributed by atoms with Crippen molar-refractivity contribution in [3.05, 3.63) is 35.9 Å². The summed E-state index contributed by atoms with van der Waals surface area (Å²) in [6, 6.07) is 10.3. The van der Waals surface area contributed by atoms with Gasteiger partial charge in [-0.25, -0.2) is 0 Å². The van der Waals surface area contributed by atoms with Crippen LogP contribution < -0.4 is 0 Å². The Morgan fingerprint density at radius 1 is 1.32 bits per heavy atom. The molecule has 2 atom stereocenters. The van der Waals surface area contributed by atoms with E-state index in [1.807, 2.05) is 23.1 Å². The first-order valence-electron chi connectivity index (χ1n) is 7.00. The van der Waals surface area contributed by atoms with Gasteiger partial charge in [-0.3, -0.25) is 4.79 Å². The molecule has 104 valence electrons. The molecule has 1 aliphatic rings. The Morgan fingerprint density at radius 3 is 2.58 bits per heavy atom. The van der Waals surface area contributed by atoms with Gasteiger partial charge in [-0.15, -0.1) is 0 Å². The van der Waals surface area contributed by atoms with E-state index < -0.39 is 0 Å². The highest BCUT2D eigenvalue weighted by atomic mass is 127. The van der Waals surface area contributed by atoms with Gasteiger partial charge >= 0.3 is 0 Å². The zero-order valence-electron chi connectivity index (χ0n) is 11.7. The summed E-state index contributed by atoms with van der Waals surface area (Å²) in [4.78, 5) is 14.6. The van der Waals surface area contributed by atoms with E-state index in [4.69, 9.17) is 0 Å². The lowest BCUT2D eigenvalue weighted by molar-refractivity contribution is -0.132. The van der Waals surface area contributed by atoms with Gasteiger partial charge in [0.25, 0.3) is 0 Å². The molecule has 19 heavy (non-hydrogen) atoms. The summed E-state index contributed by atoms with van der Waals surface area (Å²) in [5, 5.41) is 0. The first-order valence-corrected chi connectivity index (χ1v) is 8.53. The Bertz CT molecular complexity index is 418. The van der Waals surface area contributed by atoms with Crippen LogP contribution >= 0.6 is 22.6 Å². The molecule has 3 heteroatoms. The van der Waals surface area contributed by atoms with Gasteiger partial charge in [-0.05, 0) is 23.8 Å². The zero-order chi connectivity index (χ0) is 13.8. The SMILES string of the molecule is CC(C)C[C@H]1C(=O)N(Cc2ccccc2)C[C@H]1CI. The number of rotatable bonds is 5. The maximum atomic E-state index is 12.5. The quantitative estimate of drug-likeness (QED) is 0.571. The number of carbonyl (C=O) groups excluding carboxylic acids is 1. The van der Waals surface area contributed by atoms with Gasteiger partial charge in [0.1, 0.15) is 0 Å². The van der Waals surface area contributed by atoms with Crippen LogP contribution in [-0.2, 0) is 11.3 Å². The lowest BCUT2D eigenvalue weighted by Gasteiger charge is -2.17. The van der Waals surface area contributed by atoms with Gasteiger partial charge in [0.05, 0.1) is 0 Å². The predicted octanol–water partition coefficient (Wildman–Crippen LogP) is 3.74. The van der Waals surface area contributed by atoms with Crippen molar-refractivity contribution in [2.24, 2.45) is 17.8 Å². The molecule has 1 aliphatic heterocycles. The first-order chi connectivity index (χ1) is 9.11. The standard InChI is InChI=1S/C16H22INO/c1-12(2)8-15-14(9-17)11-18(16(15)19)10-13-6-4-3-5-7-13/h3-7,12,14-15H,8-11H2,1-2H3/t14-,15-/m1/s1. The lowest BCUT2D eigenvalue weighted by atomic mass is 9.89. The van der Waals surface area contributed by atoms with Gasteiger partial charge < -0.3 is 4.90 Å². The summed E-state index contributed by atoms with van der Waals surface area (Å²) in [5.41, 5.74) is 1.23. The Balaban J connectivity index is 2.05. The number of halogens is 1. The smallest absolute Gasteiger partial charge is 0.226 e. The Morgan fingerprint density at radius 2 is 2.00 bits per heavy atom. The number of nitrogens with zero attached hydrogens (tertiary/aromatic N) is 1. The van der Waals surface area contributed by atoms with E-state index in [1.165, 1.54) is 5.56 Å². The predicted molar refractivity (Wildman–Crippen MR) is 87.2 cm³/mol. The van der Waals surface area contributed by atoms with E-state index in [-0.39, 0.29) is 5.92 Å². The molecule has 2 nitrogen and oxygen atoms in total. The van der Waals surface area contributed by atoms with Crippen molar-refractivity contribution < 1.29 is 4.79 Å². The third-order valence-electron chi connectivity index (χ3n) is 3.79. The number of amides is 1. The molecular weight excluding hydrogens is 349 g/mol. The van der Waals surface area contributed by atoms with Crippen molar-refractivity contribution in [2.75, 3.05) is 11.0 Å². The lowest BCUT2D eigenvalue weighted by Crippen LogP contribution is -2.27. The third kappa shape index (κ3) is 3.71. The summed E-state index contributed by atoms with van der Waals surface area (Å²) in [7, 11) is 0. The van der Waals surface area contributed by atoms with Gasteiger partial charge in [-0.2, -0.15) is 0 Å². The molecule has 0 spiro atoms. The fraction of sp³-hybridized carbons (Fsp3) is 0.562. The number of benzene rings is 1. The number of carbonyl (C=O) groups is 1. The van der Waals surface area contributed by atoms with Crippen LogP contribution in [0.2, 0.25) is 0 Å². The minimum absolute atomic E-state index is 0.237. The van der Waals surface area contributed by atoms with Gasteiger partial charge in [0.2, 0.25) is 5.91 Å². The highest BCUT2D eigenvalue weighted by Crippen LogP contribution is 2.32. The summed E-state index contributed by atoms with van der Waals surface area (Å²) < 4.78 is 1.08. The van der Waals surface area contributed by atoms with E-state index >= 15 is 0 Å². The molecule has 1 amide bonds. The van der Waals surface area contributed by atoms with E-state index in [0.29, 0.717) is 17.7 Å². The minimum Gasteiger partial charge on any atom is -0.338 e. The molecule has 1 aromatic carbocycles. The molecule has 1 heterocycles. The average molecular weight is 371 g/mol. The fourth-order valence-electron chi connectivity index (χ4n) is 2.84. The van der Waals surface area contributed by atoms with Crippen LogP contribution in [0.15, 0.2) is 30.3 Å². The highest BCUT2D eigenvalue weighted by molar-refractivity contribution is 14.1. The van der Waals surface area contributed by atoms with Crippen LogP contribution in [0.1, 0.15) is 25.8 Å². The zero-order valence-corrected chi connectivity index (χ0v) is 13.8. The normalized spacial score (nSPS) is 23.4. The van der Waals surface area contributed by atoms with Crippen LogP contribution in [0.5, 0.6) is 0 Å². The van der Waals surface area contributed by atoms with E-state index in [1.54, 1.807) is 0 Å². The number of alkyl halides is 1. The average Bonchev–Trinajstić information content (AvgIpc) is 2.68. The Hall–Kier alpha value is -0.580. The summed E-state index contributed by atoms with van der Waals surface area (Å²) in [6.45, 7) is 6.10. The minimum atomic E-state index is 0.237.